The Morgan fingerprint density at radius 2 is 2.20 bits per heavy atom. The van der Waals surface area contributed by atoms with Gasteiger partial charge in [0.05, 0.1) is 6.54 Å². The molecule has 0 bridgehead atoms. The summed E-state index contributed by atoms with van der Waals surface area (Å²) in [6.07, 6.45) is 1.98. The number of carbonyl (C=O) groups excluding carboxylic acids is 1. The Hall–Kier alpha value is -1.88. The topological polar surface area (TPSA) is 45.5 Å². The first kappa shape index (κ1) is 17.9. The second-order valence-corrected chi connectivity index (χ2v) is 7.28. The zero-order chi connectivity index (χ0) is 18.0. The molecule has 0 radical (unpaired) electrons. The van der Waals surface area contributed by atoms with Crippen LogP contribution in [0.3, 0.4) is 0 Å². The third kappa shape index (κ3) is 4.03. The third-order valence-electron chi connectivity index (χ3n) is 5.13. The van der Waals surface area contributed by atoms with E-state index in [0.717, 1.165) is 37.1 Å². The molecule has 0 saturated carbocycles. The first-order valence-corrected chi connectivity index (χ1v) is 9.18. The van der Waals surface area contributed by atoms with Crippen molar-refractivity contribution >= 4 is 16.9 Å². The summed E-state index contributed by atoms with van der Waals surface area (Å²) in [5.74, 6) is 1.31. The lowest BCUT2D eigenvalue weighted by Crippen LogP contribution is -2.51. The number of hydrogen-bond donors (Lipinski definition) is 1. The number of hydrogen-bond acceptors (Lipinski definition) is 3. The van der Waals surface area contributed by atoms with E-state index in [4.69, 9.17) is 4.42 Å². The number of carbonyl (C=O) groups is 1. The van der Waals surface area contributed by atoms with Crippen molar-refractivity contribution in [3.63, 3.8) is 0 Å². The van der Waals surface area contributed by atoms with Gasteiger partial charge in [-0.1, -0.05) is 27.2 Å². The SMILES string of the molecule is CC[C@@H]1CN(C(=O)C(C)C)CC[C@@H]1NCc1cc2cc(F)ccc2o1. The number of rotatable bonds is 5. The normalized spacial score (nSPS) is 21.2. The quantitative estimate of drug-likeness (QED) is 0.892. The molecule has 5 heteroatoms. The maximum Gasteiger partial charge on any atom is 0.225 e. The zero-order valence-corrected chi connectivity index (χ0v) is 15.2. The molecular weight excluding hydrogens is 319 g/mol. The number of amides is 1. The summed E-state index contributed by atoms with van der Waals surface area (Å²) in [4.78, 5) is 14.2. The molecular formula is C20H27FN2O2. The number of piperidine rings is 1. The first-order chi connectivity index (χ1) is 12.0. The van der Waals surface area contributed by atoms with Gasteiger partial charge in [-0.05, 0) is 36.6 Å². The number of nitrogens with zero attached hydrogens (tertiary/aromatic N) is 1. The van der Waals surface area contributed by atoms with Gasteiger partial charge in [0.2, 0.25) is 5.91 Å². The zero-order valence-electron chi connectivity index (χ0n) is 15.2. The third-order valence-corrected chi connectivity index (χ3v) is 5.13. The molecule has 1 aromatic carbocycles. The monoisotopic (exact) mass is 346 g/mol. The molecule has 1 aliphatic heterocycles. The highest BCUT2D eigenvalue weighted by Gasteiger charge is 2.30. The van der Waals surface area contributed by atoms with Gasteiger partial charge in [0.1, 0.15) is 17.2 Å². The number of fused-ring (bicyclic) bond motifs is 1. The number of halogens is 1. The Kier molecular flexibility index (Phi) is 5.42. The second kappa shape index (κ2) is 7.56. The van der Waals surface area contributed by atoms with Gasteiger partial charge in [0, 0.05) is 30.4 Å². The Bertz CT molecular complexity index is 740. The number of nitrogens with one attached hydrogen (secondary N) is 1. The predicted molar refractivity (Wildman–Crippen MR) is 96.6 cm³/mol. The highest BCUT2D eigenvalue weighted by atomic mass is 19.1. The average Bonchev–Trinajstić information content (AvgIpc) is 3.00. The molecule has 1 N–H and O–H groups in total. The molecule has 0 spiro atoms. The minimum absolute atomic E-state index is 0.0537. The molecule has 4 nitrogen and oxygen atoms in total. The van der Waals surface area contributed by atoms with E-state index in [-0.39, 0.29) is 17.6 Å². The van der Waals surface area contributed by atoms with Crippen molar-refractivity contribution in [3.05, 3.63) is 35.8 Å². The van der Waals surface area contributed by atoms with E-state index < -0.39 is 0 Å². The van der Waals surface area contributed by atoms with Crippen LogP contribution in [-0.4, -0.2) is 29.9 Å². The Morgan fingerprint density at radius 3 is 2.92 bits per heavy atom. The minimum Gasteiger partial charge on any atom is -0.460 e. The summed E-state index contributed by atoms with van der Waals surface area (Å²) in [5.41, 5.74) is 0.711. The highest BCUT2D eigenvalue weighted by molar-refractivity contribution is 5.78. The molecule has 0 aliphatic carbocycles. The molecule has 25 heavy (non-hydrogen) atoms. The van der Waals surface area contributed by atoms with Crippen LogP contribution in [0.25, 0.3) is 11.0 Å². The average molecular weight is 346 g/mol. The maximum absolute atomic E-state index is 13.3. The summed E-state index contributed by atoms with van der Waals surface area (Å²) < 4.78 is 19.1. The van der Waals surface area contributed by atoms with Crippen molar-refractivity contribution < 1.29 is 13.6 Å². The van der Waals surface area contributed by atoms with Crippen molar-refractivity contribution in [1.29, 1.82) is 0 Å². The number of likely N-dealkylation sites (tertiary alicyclic amines) is 1. The fourth-order valence-corrected chi connectivity index (χ4v) is 3.67. The lowest BCUT2D eigenvalue weighted by atomic mass is 9.89. The van der Waals surface area contributed by atoms with Gasteiger partial charge >= 0.3 is 0 Å². The molecule has 136 valence electrons. The fraction of sp³-hybridized carbons (Fsp3) is 0.550. The van der Waals surface area contributed by atoms with E-state index in [9.17, 15) is 9.18 Å². The highest BCUT2D eigenvalue weighted by Crippen LogP contribution is 2.24. The van der Waals surface area contributed by atoms with Crippen LogP contribution in [0.1, 0.15) is 39.4 Å². The first-order valence-electron chi connectivity index (χ1n) is 9.18. The minimum atomic E-state index is -0.249. The maximum atomic E-state index is 13.3. The molecule has 1 fully saturated rings. The molecule has 1 aliphatic rings. The van der Waals surface area contributed by atoms with Crippen LogP contribution in [0.2, 0.25) is 0 Å². The van der Waals surface area contributed by atoms with Crippen LogP contribution in [0.4, 0.5) is 4.39 Å². The molecule has 3 rings (SSSR count). The van der Waals surface area contributed by atoms with Crippen LogP contribution in [-0.2, 0) is 11.3 Å². The van der Waals surface area contributed by atoms with Crippen LogP contribution in [0.5, 0.6) is 0 Å². The summed E-state index contributed by atoms with van der Waals surface area (Å²) >= 11 is 0. The van der Waals surface area contributed by atoms with Gasteiger partial charge in [-0.15, -0.1) is 0 Å². The van der Waals surface area contributed by atoms with E-state index in [1.165, 1.54) is 12.1 Å². The van der Waals surface area contributed by atoms with E-state index in [1.54, 1.807) is 6.07 Å². The van der Waals surface area contributed by atoms with E-state index >= 15 is 0 Å². The van der Waals surface area contributed by atoms with Gasteiger partial charge in [-0.25, -0.2) is 4.39 Å². The lowest BCUT2D eigenvalue weighted by Gasteiger charge is -2.39. The summed E-state index contributed by atoms with van der Waals surface area (Å²) in [6.45, 7) is 8.32. The lowest BCUT2D eigenvalue weighted by molar-refractivity contribution is -0.136. The Morgan fingerprint density at radius 1 is 1.40 bits per heavy atom. The van der Waals surface area contributed by atoms with E-state index in [0.29, 0.717) is 24.1 Å². The van der Waals surface area contributed by atoms with Crippen LogP contribution in [0.15, 0.2) is 28.7 Å². The molecule has 2 atom stereocenters. The van der Waals surface area contributed by atoms with E-state index in [2.05, 4.69) is 12.2 Å². The molecule has 1 amide bonds. The van der Waals surface area contributed by atoms with Crippen molar-refractivity contribution in [2.24, 2.45) is 11.8 Å². The molecule has 2 heterocycles. The Balaban J connectivity index is 1.61. The molecule has 2 aromatic rings. The van der Waals surface area contributed by atoms with Crippen molar-refractivity contribution in [3.8, 4) is 0 Å². The predicted octanol–water partition coefficient (Wildman–Crippen LogP) is 3.94. The van der Waals surface area contributed by atoms with Crippen LogP contribution >= 0.6 is 0 Å². The van der Waals surface area contributed by atoms with Crippen LogP contribution < -0.4 is 5.32 Å². The van der Waals surface area contributed by atoms with Gasteiger partial charge < -0.3 is 14.6 Å². The van der Waals surface area contributed by atoms with Crippen molar-refractivity contribution in [2.45, 2.75) is 46.2 Å². The standard InChI is InChI=1S/C20H27FN2O2/c1-4-14-12-23(20(24)13(2)3)8-7-18(14)22-11-17-10-15-9-16(21)5-6-19(15)25-17/h5-6,9-10,13-14,18,22H,4,7-8,11-12H2,1-3H3/t14-,18+/m1/s1. The van der Waals surface area contributed by atoms with Crippen molar-refractivity contribution in [2.75, 3.05) is 13.1 Å². The summed E-state index contributed by atoms with van der Waals surface area (Å²) in [7, 11) is 0. The molecule has 1 saturated heterocycles. The van der Waals surface area contributed by atoms with Crippen LogP contribution in [0, 0.1) is 17.7 Å². The Labute approximate surface area is 148 Å². The van der Waals surface area contributed by atoms with Crippen molar-refractivity contribution in [1.82, 2.24) is 10.2 Å². The summed E-state index contributed by atoms with van der Waals surface area (Å²) in [6, 6.07) is 6.83. The molecule has 1 aromatic heterocycles. The van der Waals surface area contributed by atoms with Gasteiger partial charge in [0.15, 0.2) is 0 Å². The van der Waals surface area contributed by atoms with Gasteiger partial charge in [0.25, 0.3) is 0 Å². The number of benzene rings is 1. The fourth-order valence-electron chi connectivity index (χ4n) is 3.67. The van der Waals surface area contributed by atoms with E-state index in [1.807, 2.05) is 24.8 Å². The molecule has 0 unspecified atom stereocenters. The van der Waals surface area contributed by atoms with Gasteiger partial charge in [-0.3, -0.25) is 4.79 Å². The largest absolute Gasteiger partial charge is 0.460 e. The van der Waals surface area contributed by atoms with Gasteiger partial charge in [-0.2, -0.15) is 0 Å². The smallest absolute Gasteiger partial charge is 0.225 e. The second-order valence-electron chi connectivity index (χ2n) is 7.28. The summed E-state index contributed by atoms with van der Waals surface area (Å²) in [5, 5.41) is 4.37. The number of furan rings is 1.